The molecule has 14 heavy (non-hydrogen) atoms. The molecule has 4 heteroatoms. The first-order valence-corrected chi connectivity index (χ1v) is 6.21. The van der Waals surface area contributed by atoms with Crippen LogP contribution in [0.4, 0.5) is 5.69 Å². The van der Waals surface area contributed by atoms with Gasteiger partial charge in [-0.15, -0.1) is 0 Å². The fourth-order valence-corrected chi connectivity index (χ4v) is 1.94. The highest BCUT2D eigenvalue weighted by atomic mass is 35.5. The maximum Gasteiger partial charge on any atom is 0.0820 e. The monoisotopic (exact) mass is 230 g/mol. The van der Waals surface area contributed by atoms with Crippen molar-refractivity contribution in [3.8, 4) is 0 Å². The third kappa shape index (κ3) is 3.76. The number of halogens is 1. The van der Waals surface area contributed by atoms with E-state index in [2.05, 4.69) is 24.1 Å². The first-order valence-electron chi connectivity index (χ1n) is 4.67. The van der Waals surface area contributed by atoms with E-state index < -0.39 is 0 Å². The van der Waals surface area contributed by atoms with E-state index in [0.717, 1.165) is 17.2 Å². The van der Waals surface area contributed by atoms with Crippen molar-refractivity contribution >= 4 is 29.1 Å². The lowest BCUT2D eigenvalue weighted by atomic mass is 10.3. The van der Waals surface area contributed by atoms with Crippen LogP contribution in [0.5, 0.6) is 0 Å². The summed E-state index contributed by atoms with van der Waals surface area (Å²) in [5.74, 6) is 2.24. The molecule has 1 rings (SSSR count). The van der Waals surface area contributed by atoms with E-state index in [-0.39, 0.29) is 0 Å². The van der Waals surface area contributed by atoms with Gasteiger partial charge in [0.15, 0.2) is 0 Å². The van der Waals surface area contributed by atoms with Crippen molar-refractivity contribution in [3.63, 3.8) is 0 Å². The molecule has 1 aromatic heterocycles. The second-order valence-corrected chi connectivity index (χ2v) is 4.79. The smallest absolute Gasteiger partial charge is 0.0820 e. The fraction of sp³-hybridized carbons (Fsp3) is 0.500. The van der Waals surface area contributed by atoms with Crippen molar-refractivity contribution < 1.29 is 0 Å². The van der Waals surface area contributed by atoms with E-state index in [1.807, 2.05) is 17.8 Å². The Morgan fingerprint density at radius 3 is 3.07 bits per heavy atom. The molecule has 2 nitrogen and oxygen atoms in total. The lowest BCUT2D eigenvalue weighted by molar-refractivity contribution is 0.912. The summed E-state index contributed by atoms with van der Waals surface area (Å²) in [4.78, 5) is 3.94. The minimum absolute atomic E-state index is 0.430. The molecule has 0 radical (unpaired) electrons. The van der Waals surface area contributed by atoms with E-state index in [9.17, 15) is 0 Å². The molecule has 0 amide bonds. The zero-order valence-electron chi connectivity index (χ0n) is 8.46. The predicted molar refractivity (Wildman–Crippen MR) is 65.3 cm³/mol. The molecular formula is C10H15ClN2S. The molecule has 0 aliphatic heterocycles. The number of anilines is 1. The number of thioether (sulfide) groups is 1. The van der Waals surface area contributed by atoms with Gasteiger partial charge in [0.2, 0.25) is 0 Å². The Bertz CT molecular complexity index is 281. The molecule has 0 aliphatic carbocycles. The topological polar surface area (TPSA) is 24.9 Å². The number of nitrogens with zero attached hydrogens (tertiary/aromatic N) is 1. The van der Waals surface area contributed by atoms with Crippen LogP contribution in [-0.4, -0.2) is 22.5 Å². The van der Waals surface area contributed by atoms with Crippen LogP contribution in [0.25, 0.3) is 0 Å². The van der Waals surface area contributed by atoms with Gasteiger partial charge in [0.25, 0.3) is 0 Å². The molecule has 78 valence electrons. The quantitative estimate of drug-likeness (QED) is 0.841. The Hall–Kier alpha value is -0.410. The number of pyridine rings is 1. The molecule has 0 bridgehead atoms. The third-order valence-corrected chi connectivity index (χ3v) is 3.19. The van der Waals surface area contributed by atoms with Gasteiger partial charge in [-0.1, -0.05) is 18.5 Å². The van der Waals surface area contributed by atoms with Crippen LogP contribution in [0.1, 0.15) is 13.8 Å². The van der Waals surface area contributed by atoms with E-state index >= 15 is 0 Å². The minimum atomic E-state index is 0.430. The average molecular weight is 231 g/mol. The van der Waals surface area contributed by atoms with Crippen LogP contribution in [0.3, 0.4) is 0 Å². The van der Waals surface area contributed by atoms with Crippen molar-refractivity contribution in [1.82, 2.24) is 4.98 Å². The van der Waals surface area contributed by atoms with Gasteiger partial charge in [-0.05, 0) is 18.7 Å². The van der Waals surface area contributed by atoms with Gasteiger partial charge in [-0.25, -0.2) is 0 Å². The second-order valence-electron chi connectivity index (χ2n) is 3.06. The van der Waals surface area contributed by atoms with Crippen LogP contribution < -0.4 is 5.32 Å². The highest BCUT2D eigenvalue weighted by molar-refractivity contribution is 7.99. The molecule has 0 aromatic carbocycles. The van der Waals surface area contributed by atoms with E-state index in [1.165, 1.54) is 0 Å². The summed E-state index contributed by atoms with van der Waals surface area (Å²) >= 11 is 7.89. The summed E-state index contributed by atoms with van der Waals surface area (Å²) in [5, 5.41) is 4.03. The van der Waals surface area contributed by atoms with Crippen LogP contribution in [0.15, 0.2) is 18.5 Å². The highest BCUT2D eigenvalue weighted by Gasteiger charge is 2.04. The van der Waals surface area contributed by atoms with E-state index in [4.69, 9.17) is 11.6 Å². The molecule has 1 aromatic rings. The fourth-order valence-electron chi connectivity index (χ4n) is 1.09. The zero-order valence-corrected chi connectivity index (χ0v) is 10.0. The molecule has 0 fully saturated rings. The molecule has 0 spiro atoms. The van der Waals surface area contributed by atoms with Crippen LogP contribution in [0.2, 0.25) is 5.02 Å². The number of aromatic nitrogens is 1. The number of rotatable bonds is 5. The highest BCUT2D eigenvalue weighted by Crippen LogP contribution is 2.20. The largest absolute Gasteiger partial charge is 0.380 e. The summed E-state index contributed by atoms with van der Waals surface area (Å²) in [5.41, 5.74) is 0.964. The summed E-state index contributed by atoms with van der Waals surface area (Å²) in [6, 6.07) is 2.33. The lowest BCUT2D eigenvalue weighted by Crippen LogP contribution is -2.18. The Morgan fingerprint density at radius 2 is 2.43 bits per heavy atom. The van der Waals surface area contributed by atoms with Crippen LogP contribution in [0, 0.1) is 0 Å². The molecule has 1 heterocycles. The molecule has 1 atom stereocenters. The maximum atomic E-state index is 5.97. The summed E-state index contributed by atoms with van der Waals surface area (Å²) in [6.07, 6.45) is 3.40. The van der Waals surface area contributed by atoms with Gasteiger partial charge >= 0.3 is 0 Å². The number of nitrogens with one attached hydrogen (secondary N) is 1. The summed E-state index contributed by atoms with van der Waals surface area (Å²) in [6.45, 7) is 4.32. The summed E-state index contributed by atoms with van der Waals surface area (Å²) < 4.78 is 0. The van der Waals surface area contributed by atoms with Crippen molar-refractivity contribution in [1.29, 1.82) is 0 Å². The second kappa shape index (κ2) is 6.14. The first-order chi connectivity index (χ1) is 6.74. The molecule has 0 aliphatic rings. The Balaban J connectivity index is 2.47. The Morgan fingerprint density at radius 1 is 1.64 bits per heavy atom. The third-order valence-electron chi connectivity index (χ3n) is 1.75. The molecule has 1 N–H and O–H groups in total. The normalized spacial score (nSPS) is 12.5. The van der Waals surface area contributed by atoms with Gasteiger partial charge in [0.05, 0.1) is 10.7 Å². The zero-order chi connectivity index (χ0) is 10.4. The summed E-state index contributed by atoms with van der Waals surface area (Å²) in [7, 11) is 0. The predicted octanol–water partition coefficient (Wildman–Crippen LogP) is 3.29. The average Bonchev–Trinajstić information content (AvgIpc) is 2.18. The molecule has 1 unspecified atom stereocenters. The van der Waals surface area contributed by atoms with Crippen molar-refractivity contribution in [3.05, 3.63) is 23.5 Å². The van der Waals surface area contributed by atoms with Crippen molar-refractivity contribution in [2.45, 2.75) is 19.9 Å². The van der Waals surface area contributed by atoms with Gasteiger partial charge in [0, 0.05) is 24.2 Å². The Labute approximate surface area is 94.5 Å². The van der Waals surface area contributed by atoms with Crippen molar-refractivity contribution in [2.24, 2.45) is 0 Å². The van der Waals surface area contributed by atoms with Crippen molar-refractivity contribution in [2.75, 3.05) is 16.8 Å². The van der Waals surface area contributed by atoms with Gasteiger partial charge in [-0.3, -0.25) is 4.98 Å². The first kappa shape index (κ1) is 11.7. The van der Waals surface area contributed by atoms with Crippen LogP contribution in [-0.2, 0) is 0 Å². The lowest BCUT2D eigenvalue weighted by Gasteiger charge is -2.15. The standard InChI is InChI=1S/C10H15ClN2S/c1-3-14-7-8(2)13-10-4-5-12-6-9(10)11/h4-6,8H,3,7H2,1-2H3,(H,12,13). The SMILES string of the molecule is CCSCC(C)Nc1ccncc1Cl. The van der Waals surface area contributed by atoms with Gasteiger partial charge < -0.3 is 5.32 Å². The maximum absolute atomic E-state index is 5.97. The molecule has 0 saturated heterocycles. The minimum Gasteiger partial charge on any atom is -0.380 e. The molecular weight excluding hydrogens is 216 g/mol. The Kier molecular flexibility index (Phi) is 5.12. The van der Waals surface area contributed by atoms with Gasteiger partial charge in [0.1, 0.15) is 0 Å². The van der Waals surface area contributed by atoms with Gasteiger partial charge in [-0.2, -0.15) is 11.8 Å². The van der Waals surface area contributed by atoms with Crippen LogP contribution >= 0.6 is 23.4 Å². The number of hydrogen-bond donors (Lipinski definition) is 1. The molecule has 0 saturated carbocycles. The van der Waals surface area contributed by atoms with E-state index in [1.54, 1.807) is 12.4 Å². The number of hydrogen-bond acceptors (Lipinski definition) is 3. The van der Waals surface area contributed by atoms with E-state index in [0.29, 0.717) is 11.1 Å².